The second-order valence-electron chi connectivity index (χ2n) is 3.36. The predicted octanol–water partition coefficient (Wildman–Crippen LogP) is -0.959. The molecule has 0 saturated carbocycles. The molecule has 1 heterocycles. The number of rotatable bonds is 3. The standard InChI is InChI=1S/C8H15FN2O2/c1-5(12)8(13)11-3-6-2-10-4-7(6)9/h5-7,10,12H,2-4H2,1H3,(H,11,13)/t5-,6-,7-/m0/s1. The van der Waals surface area contributed by atoms with Gasteiger partial charge in [0.1, 0.15) is 12.3 Å². The zero-order valence-corrected chi connectivity index (χ0v) is 7.59. The normalized spacial score (nSPS) is 30.1. The molecule has 0 aliphatic carbocycles. The predicted molar refractivity (Wildman–Crippen MR) is 45.9 cm³/mol. The Morgan fingerprint density at radius 2 is 2.46 bits per heavy atom. The molecule has 0 aromatic heterocycles. The number of hydrogen-bond acceptors (Lipinski definition) is 3. The van der Waals surface area contributed by atoms with Gasteiger partial charge in [-0.05, 0) is 6.92 Å². The van der Waals surface area contributed by atoms with Gasteiger partial charge in [-0.25, -0.2) is 4.39 Å². The summed E-state index contributed by atoms with van der Waals surface area (Å²) < 4.78 is 13.0. The molecule has 1 rings (SSSR count). The molecule has 4 nitrogen and oxygen atoms in total. The Balaban J connectivity index is 2.22. The van der Waals surface area contributed by atoms with Crippen LogP contribution in [-0.4, -0.2) is 42.9 Å². The molecule has 0 spiro atoms. The van der Waals surface area contributed by atoms with E-state index >= 15 is 0 Å². The van der Waals surface area contributed by atoms with Gasteiger partial charge in [0, 0.05) is 25.6 Å². The third-order valence-electron chi connectivity index (χ3n) is 2.18. The van der Waals surface area contributed by atoms with Gasteiger partial charge in [-0.1, -0.05) is 0 Å². The van der Waals surface area contributed by atoms with Gasteiger partial charge in [0.05, 0.1) is 0 Å². The van der Waals surface area contributed by atoms with E-state index in [1.165, 1.54) is 6.92 Å². The van der Waals surface area contributed by atoms with Crippen molar-refractivity contribution >= 4 is 5.91 Å². The first-order chi connectivity index (χ1) is 6.11. The van der Waals surface area contributed by atoms with Crippen LogP contribution in [0.5, 0.6) is 0 Å². The van der Waals surface area contributed by atoms with Crippen LogP contribution in [-0.2, 0) is 4.79 Å². The van der Waals surface area contributed by atoms with Crippen LogP contribution in [0.4, 0.5) is 4.39 Å². The number of alkyl halides is 1. The van der Waals surface area contributed by atoms with E-state index < -0.39 is 18.2 Å². The van der Waals surface area contributed by atoms with Crippen molar-refractivity contribution in [1.82, 2.24) is 10.6 Å². The van der Waals surface area contributed by atoms with Gasteiger partial charge >= 0.3 is 0 Å². The van der Waals surface area contributed by atoms with Crippen molar-refractivity contribution in [1.29, 1.82) is 0 Å². The number of halogens is 1. The lowest BCUT2D eigenvalue weighted by atomic mass is 10.1. The molecule has 0 aromatic carbocycles. The van der Waals surface area contributed by atoms with Gasteiger partial charge in [0.25, 0.3) is 0 Å². The molecular weight excluding hydrogens is 175 g/mol. The summed E-state index contributed by atoms with van der Waals surface area (Å²) in [5.74, 6) is -0.609. The molecule has 3 atom stereocenters. The van der Waals surface area contributed by atoms with Crippen molar-refractivity contribution in [2.45, 2.75) is 19.2 Å². The van der Waals surface area contributed by atoms with Gasteiger partial charge in [0.2, 0.25) is 5.91 Å². The van der Waals surface area contributed by atoms with Crippen LogP contribution < -0.4 is 10.6 Å². The van der Waals surface area contributed by atoms with Gasteiger partial charge in [-0.3, -0.25) is 4.79 Å². The summed E-state index contributed by atoms with van der Waals surface area (Å²) in [6.45, 7) is 2.61. The molecule has 0 radical (unpaired) electrons. The maximum absolute atomic E-state index is 13.0. The monoisotopic (exact) mass is 190 g/mol. The highest BCUT2D eigenvalue weighted by molar-refractivity contribution is 5.79. The minimum atomic E-state index is -1.02. The zero-order chi connectivity index (χ0) is 9.84. The maximum Gasteiger partial charge on any atom is 0.248 e. The Morgan fingerprint density at radius 3 is 2.92 bits per heavy atom. The highest BCUT2D eigenvalue weighted by Crippen LogP contribution is 2.10. The summed E-state index contributed by atoms with van der Waals surface area (Å²) in [6, 6.07) is 0. The van der Waals surface area contributed by atoms with E-state index in [2.05, 4.69) is 10.6 Å². The average Bonchev–Trinajstić information content (AvgIpc) is 2.47. The Morgan fingerprint density at radius 1 is 1.77 bits per heavy atom. The van der Waals surface area contributed by atoms with Crippen LogP contribution in [0.15, 0.2) is 0 Å². The first-order valence-electron chi connectivity index (χ1n) is 4.42. The van der Waals surface area contributed by atoms with Crippen molar-refractivity contribution in [2.24, 2.45) is 5.92 Å². The minimum Gasteiger partial charge on any atom is -0.384 e. The quantitative estimate of drug-likeness (QED) is 0.537. The van der Waals surface area contributed by atoms with Crippen LogP contribution in [0.3, 0.4) is 0 Å². The Bertz CT molecular complexity index is 187. The Hall–Kier alpha value is -0.680. The molecule has 1 aliphatic rings. The van der Waals surface area contributed by atoms with E-state index in [0.717, 1.165) is 0 Å². The SMILES string of the molecule is C[C@H](O)C(=O)NC[C@@H]1CNC[C@@H]1F. The molecule has 1 aliphatic heterocycles. The highest BCUT2D eigenvalue weighted by atomic mass is 19.1. The highest BCUT2D eigenvalue weighted by Gasteiger charge is 2.27. The fraction of sp³-hybridized carbons (Fsp3) is 0.875. The van der Waals surface area contributed by atoms with Crippen LogP contribution >= 0.6 is 0 Å². The first kappa shape index (κ1) is 10.4. The van der Waals surface area contributed by atoms with Crippen LogP contribution in [0.1, 0.15) is 6.92 Å². The smallest absolute Gasteiger partial charge is 0.248 e. The molecule has 1 saturated heterocycles. The molecular formula is C8H15FN2O2. The third kappa shape index (κ3) is 2.93. The summed E-state index contributed by atoms with van der Waals surface area (Å²) in [6.07, 6.45) is -1.92. The zero-order valence-electron chi connectivity index (χ0n) is 7.59. The molecule has 13 heavy (non-hydrogen) atoms. The number of aliphatic hydroxyl groups excluding tert-OH is 1. The maximum atomic E-state index is 13.0. The summed E-state index contributed by atoms with van der Waals surface area (Å²) in [7, 11) is 0. The fourth-order valence-electron chi connectivity index (χ4n) is 1.28. The average molecular weight is 190 g/mol. The van der Waals surface area contributed by atoms with Crippen LogP contribution in [0.25, 0.3) is 0 Å². The van der Waals surface area contributed by atoms with E-state index in [-0.39, 0.29) is 12.5 Å². The van der Waals surface area contributed by atoms with Crippen LogP contribution in [0, 0.1) is 5.92 Å². The summed E-state index contributed by atoms with van der Waals surface area (Å²) in [5.41, 5.74) is 0. The van der Waals surface area contributed by atoms with Crippen molar-refractivity contribution in [3.63, 3.8) is 0 Å². The molecule has 5 heteroatoms. The van der Waals surface area contributed by atoms with Crippen molar-refractivity contribution < 1.29 is 14.3 Å². The van der Waals surface area contributed by atoms with Gasteiger partial charge in [-0.15, -0.1) is 0 Å². The summed E-state index contributed by atoms with van der Waals surface area (Å²) in [4.78, 5) is 10.9. The Kier molecular flexibility index (Phi) is 3.62. The topological polar surface area (TPSA) is 61.4 Å². The van der Waals surface area contributed by atoms with Crippen molar-refractivity contribution in [2.75, 3.05) is 19.6 Å². The van der Waals surface area contributed by atoms with Gasteiger partial charge < -0.3 is 15.7 Å². The van der Waals surface area contributed by atoms with Crippen molar-refractivity contribution in [3.8, 4) is 0 Å². The van der Waals surface area contributed by atoms with Crippen molar-refractivity contribution in [3.05, 3.63) is 0 Å². The number of aliphatic hydroxyl groups is 1. The largest absolute Gasteiger partial charge is 0.384 e. The van der Waals surface area contributed by atoms with Gasteiger partial charge in [0.15, 0.2) is 0 Å². The first-order valence-corrected chi connectivity index (χ1v) is 4.42. The van der Waals surface area contributed by atoms with E-state index in [4.69, 9.17) is 5.11 Å². The number of nitrogens with one attached hydrogen (secondary N) is 2. The number of carbonyl (C=O) groups excluding carboxylic acids is 1. The minimum absolute atomic E-state index is 0.164. The number of carbonyl (C=O) groups is 1. The molecule has 1 amide bonds. The lowest BCUT2D eigenvalue weighted by molar-refractivity contribution is -0.128. The molecule has 76 valence electrons. The third-order valence-corrected chi connectivity index (χ3v) is 2.18. The van der Waals surface area contributed by atoms with E-state index in [1.807, 2.05) is 0 Å². The second-order valence-corrected chi connectivity index (χ2v) is 3.36. The van der Waals surface area contributed by atoms with Crippen LogP contribution in [0.2, 0.25) is 0 Å². The van der Waals surface area contributed by atoms with E-state index in [1.54, 1.807) is 0 Å². The number of amides is 1. The Labute approximate surface area is 76.5 Å². The second kappa shape index (κ2) is 4.53. The summed E-state index contributed by atoms with van der Waals surface area (Å²) >= 11 is 0. The lowest BCUT2D eigenvalue weighted by Gasteiger charge is -2.13. The molecule has 1 fully saturated rings. The fourth-order valence-corrected chi connectivity index (χ4v) is 1.28. The van der Waals surface area contributed by atoms with E-state index in [9.17, 15) is 9.18 Å². The lowest BCUT2D eigenvalue weighted by Crippen LogP contribution is -2.38. The number of hydrogen-bond donors (Lipinski definition) is 3. The van der Waals surface area contributed by atoms with E-state index in [0.29, 0.717) is 13.1 Å². The molecule has 0 unspecified atom stereocenters. The molecule has 3 N–H and O–H groups in total. The molecule has 0 aromatic rings. The van der Waals surface area contributed by atoms with Gasteiger partial charge in [-0.2, -0.15) is 0 Å². The molecule has 0 bridgehead atoms. The summed E-state index contributed by atoms with van der Waals surface area (Å²) in [5, 5.41) is 14.2.